The van der Waals surface area contributed by atoms with Crippen LogP contribution in [0.25, 0.3) is 0 Å². The van der Waals surface area contributed by atoms with Crippen LogP contribution in [0.4, 0.5) is 5.69 Å². The number of ether oxygens (including phenoxy) is 2. The summed E-state index contributed by atoms with van der Waals surface area (Å²) in [4.78, 5) is 0.0916. The topological polar surface area (TPSA) is 91.7 Å². The summed E-state index contributed by atoms with van der Waals surface area (Å²) in [7, 11) is -0.594. The zero-order valence-electron chi connectivity index (χ0n) is 20.1. The van der Waals surface area contributed by atoms with Gasteiger partial charge in [-0.15, -0.1) is 0 Å². The van der Waals surface area contributed by atoms with Gasteiger partial charge in [0.2, 0.25) is 10.0 Å². The lowest BCUT2D eigenvalue weighted by molar-refractivity contribution is 0.181. The number of aryl methyl sites for hydroxylation is 2. The maximum absolute atomic E-state index is 13.4. The van der Waals surface area contributed by atoms with Crippen LogP contribution in [0.1, 0.15) is 36.0 Å². The monoisotopic (exact) mass is 483 g/mol. The lowest BCUT2D eigenvalue weighted by Gasteiger charge is -2.23. The van der Waals surface area contributed by atoms with Gasteiger partial charge in [-0.25, -0.2) is 12.7 Å². The minimum Gasteiger partial charge on any atom is -0.497 e. The van der Waals surface area contributed by atoms with Crippen LogP contribution in [0.3, 0.4) is 0 Å². The molecule has 0 bridgehead atoms. The van der Waals surface area contributed by atoms with Gasteiger partial charge >= 0.3 is 0 Å². The zero-order chi connectivity index (χ0) is 24.3. The molecule has 0 amide bonds. The molecule has 0 radical (unpaired) electrons. The molecular formula is C26H33N3O4S. The summed E-state index contributed by atoms with van der Waals surface area (Å²) in [6, 6.07) is 13.6. The van der Waals surface area contributed by atoms with Crippen molar-refractivity contribution in [1.29, 1.82) is 5.26 Å². The number of rotatable bonds is 10. The SMILES string of the molecule is COc1ccc(CCCN(C)S(=O)(=O)c2c(C)cc(NC3COCC3C3CC3)cc2C#N)cc1. The highest BCUT2D eigenvalue weighted by molar-refractivity contribution is 7.89. The predicted octanol–water partition coefficient (Wildman–Crippen LogP) is 3.97. The summed E-state index contributed by atoms with van der Waals surface area (Å²) in [6.07, 6.45) is 3.92. The zero-order valence-corrected chi connectivity index (χ0v) is 20.9. The van der Waals surface area contributed by atoms with Gasteiger partial charge in [-0.1, -0.05) is 12.1 Å². The summed E-state index contributed by atoms with van der Waals surface area (Å²) >= 11 is 0. The average molecular weight is 484 g/mol. The van der Waals surface area contributed by atoms with Crippen molar-refractivity contribution in [3.05, 3.63) is 53.1 Å². The van der Waals surface area contributed by atoms with E-state index in [1.807, 2.05) is 30.3 Å². The van der Waals surface area contributed by atoms with Crippen LogP contribution in [-0.2, 0) is 21.2 Å². The second-order valence-electron chi connectivity index (χ2n) is 9.35. The predicted molar refractivity (Wildman–Crippen MR) is 131 cm³/mol. The molecule has 1 saturated heterocycles. The lowest BCUT2D eigenvalue weighted by atomic mass is 9.97. The Balaban J connectivity index is 1.44. The van der Waals surface area contributed by atoms with Crippen LogP contribution < -0.4 is 10.1 Å². The average Bonchev–Trinajstić information content (AvgIpc) is 3.57. The molecule has 2 aromatic rings. The van der Waals surface area contributed by atoms with E-state index in [9.17, 15) is 13.7 Å². The molecule has 8 heteroatoms. The third-order valence-corrected chi connectivity index (χ3v) is 8.93. The van der Waals surface area contributed by atoms with Crippen LogP contribution in [-0.4, -0.2) is 52.7 Å². The van der Waals surface area contributed by atoms with Gasteiger partial charge in [-0.3, -0.25) is 0 Å². The van der Waals surface area contributed by atoms with Crippen LogP contribution in [0.5, 0.6) is 5.75 Å². The van der Waals surface area contributed by atoms with Crippen LogP contribution >= 0.6 is 0 Å². The molecule has 2 aliphatic rings. The number of hydrogen-bond acceptors (Lipinski definition) is 6. The van der Waals surface area contributed by atoms with Crippen molar-refractivity contribution in [2.45, 2.75) is 43.5 Å². The van der Waals surface area contributed by atoms with Gasteiger partial charge < -0.3 is 14.8 Å². The molecular weight excluding hydrogens is 450 g/mol. The Kier molecular flexibility index (Phi) is 7.46. The molecule has 2 unspecified atom stereocenters. The van der Waals surface area contributed by atoms with Crippen molar-refractivity contribution in [2.75, 3.05) is 39.2 Å². The number of methoxy groups -OCH3 is 1. The van der Waals surface area contributed by atoms with E-state index in [2.05, 4.69) is 11.4 Å². The molecule has 1 aliphatic heterocycles. The second kappa shape index (κ2) is 10.3. The quantitative estimate of drug-likeness (QED) is 0.550. The first-order valence-electron chi connectivity index (χ1n) is 11.8. The first kappa shape index (κ1) is 24.5. The van der Waals surface area contributed by atoms with Crippen molar-refractivity contribution < 1.29 is 17.9 Å². The Morgan fingerprint density at radius 3 is 2.59 bits per heavy atom. The third-order valence-electron chi connectivity index (χ3n) is 6.86. The first-order chi connectivity index (χ1) is 16.3. The molecule has 1 heterocycles. The molecule has 4 rings (SSSR count). The molecule has 2 aromatic carbocycles. The van der Waals surface area contributed by atoms with E-state index in [0.29, 0.717) is 37.0 Å². The van der Waals surface area contributed by atoms with Crippen LogP contribution in [0, 0.1) is 30.1 Å². The van der Waals surface area contributed by atoms with Crippen molar-refractivity contribution in [2.24, 2.45) is 11.8 Å². The van der Waals surface area contributed by atoms with E-state index in [0.717, 1.165) is 30.0 Å². The molecule has 2 atom stereocenters. The number of nitriles is 1. The molecule has 1 aliphatic carbocycles. The molecule has 34 heavy (non-hydrogen) atoms. The van der Waals surface area contributed by atoms with Gasteiger partial charge in [0, 0.05) is 25.2 Å². The minimum atomic E-state index is -3.80. The Morgan fingerprint density at radius 1 is 1.21 bits per heavy atom. The number of nitrogens with zero attached hydrogens (tertiary/aromatic N) is 2. The second-order valence-corrected chi connectivity index (χ2v) is 11.3. The van der Waals surface area contributed by atoms with Gasteiger partial charge in [-0.05, 0) is 73.9 Å². The van der Waals surface area contributed by atoms with Gasteiger partial charge in [0.1, 0.15) is 16.7 Å². The highest BCUT2D eigenvalue weighted by Gasteiger charge is 2.40. The number of sulfonamides is 1. The molecule has 0 spiro atoms. The summed E-state index contributed by atoms with van der Waals surface area (Å²) in [5.41, 5.74) is 2.64. The normalized spacial score (nSPS) is 20.3. The lowest BCUT2D eigenvalue weighted by Crippen LogP contribution is -2.30. The van der Waals surface area contributed by atoms with E-state index in [1.54, 1.807) is 27.1 Å². The van der Waals surface area contributed by atoms with E-state index >= 15 is 0 Å². The van der Waals surface area contributed by atoms with Gasteiger partial charge in [0.05, 0.1) is 31.9 Å². The first-order valence-corrected chi connectivity index (χ1v) is 13.3. The Morgan fingerprint density at radius 2 is 1.94 bits per heavy atom. The summed E-state index contributed by atoms with van der Waals surface area (Å²) < 4.78 is 39.0. The standard InChI is InChI=1S/C26H33N3O4S/c1-18-13-22(28-25-17-33-16-24(25)20-8-9-20)14-21(15-27)26(18)34(30,31)29(2)12-4-5-19-6-10-23(32-3)11-7-19/h6-7,10-11,13-14,20,24-25,28H,4-5,8-9,12,16-17H2,1-3H3. The van der Waals surface area contributed by atoms with Crippen LogP contribution in [0.2, 0.25) is 0 Å². The molecule has 1 saturated carbocycles. The number of nitrogens with one attached hydrogen (secondary N) is 1. The molecule has 2 fully saturated rings. The molecule has 182 valence electrons. The molecule has 1 N–H and O–H groups in total. The van der Waals surface area contributed by atoms with Crippen molar-refractivity contribution in [1.82, 2.24) is 4.31 Å². The Labute approximate surface area is 202 Å². The number of benzene rings is 2. The minimum absolute atomic E-state index is 0.0916. The summed E-state index contributed by atoms with van der Waals surface area (Å²) in [5.74, 6) is 1.98. The number of anilines is 1. The van der Waals surface area contributed by atoms with Gasteiger partial charge in [-0.2, -0.15) is 5.26 Å². The van der Waals surface area contributed by atoms with E-state index in [1.165, 1.54) is 17.1 Å². The highest BCUT2D eigenvalue weighted by Crippen LogP contribution is 2.41. The maximum Gasteiger partial charge on any atom is 0.244 e. The molecule has 7 nitrogen and oxygen atoms in total. The number of hydrogen-bond donors (Lipinski definition) is 1. The fraction of sp³-hybridized carbons (Fsp3) is 0.500. The van der Waals surface area contributed by atoms with Crippen molar-refractivity contribution >= 4 is 15.7 Å². The third kappa shape index (κ3) is 5.38. The van der Waals surface area contributed by atoms with E-state index in [4.69, 9.17) is 9.47 Å². The Bertz CT molecular complexity index is 1150. The highest BCUT2D eigenvalue weighted by atomic mass is 32.2. The van der Waals surface area contributed by atoms with Gasteiger partial charge in [0.15, 0.2) is 0 Å². The summed E-state index contributed by atoms with van der Waals surface area (Å²) in [5, 5.41) is 13.3. The van der Waals surface area contributed by atoms with Crippen molar-refractivity contribution in [3.63, 3.8) is 0 Å². The van der Waals surface area contributed by atoms with E-state index in [-0.39, 0.29) is 16.5 Å². The molecule has 0 aromatic heterocycles. The van der Waals surface area contributed by atoms with Crippen LogP contribution in [0.15, 0.2) is 41.3 Å². The fourth-order valence-electron chi connectivity index (χ4n) is 4.78. The van der Waals surface area contributed by atoms with E-state index < -0.39 is 10.0 Å². The Hall–Kier alpha value is -2.60. The largest absolute Gasteiger partial charge is 0.497 e. The summed E-state index contributed by atoms with van der Waals surface area (Å²) in [6.45, 7) is 3.52. The smallest absolute Gasteiger partial charge is 0.244 e. The van der Waals surface area contributed by atoms with Gasteiger partial charge in [0.25, 0.3) is 0 Å². The van der Waals surface area contributed by atoms with Crippen molar-refractivity contribution in [3.8, 4) is 11.8 Å². The fourth-order valence-corrected chi connectivity index (χ4v) is 6.31. The maximum atomic E-state index is 13.4.